The van der Waals surface area contributed by atoms with Crippen molar-refractivity contribution in [2.75, 3.05) is 20.2 Å². The van der Waals surface area contributed by atoms with Crippen molar-refractivity contribution in [1.29, 1.82) is 0 Å². The lowest BCUT2D eigenvalue weighted by molar-refractivity contribution is 0.125. The summed E-state index contributed by atoms with van der Waals surface area (Å²) in [5, 5.41) is 0. The first-order chi connectivity index (χ1) is 8.88. The number of hydrogen-bond acceptors (Lipinski definition) is 3. The summed E-state index contributed by atoms with van der Waals surface area (Å²) in [4.78, 5) is 2.67. The van der Waals surface area contributed by atoms with Gasteiger partial charge in [0.15, 0.2) is 0 Å². The lowest BCUT2D eigenvalue weighted by Crippen LogP contribution is -2.42. The largest absolute Gasteiger partial charge is 0.492 e. The van der Waals surface area contributed by atoms with Crippen molar-refractivity contribution < 1.29 is 4.74 Å². The maximum Gasteiger partial charge on any atom is 0.129 e. The topological polar surface area (TPSA) is 38.5 Å². The Labute approximate surface area is 121 Å². The highest BCUT2D eigenvalue weighted by molar-refractivity contribution is 7.80. The standard InChI is InChI=1S/C15H24N2OS/c1-5-15(2,3)17(4)10-11-18-13-9-7-6-8-12(13)14(16)19/h6-9H,5,10-11H2,1-4H3,(H2,16,19). The van der Waals surface area contributed by atoms with Crippen molar-refractivity contribution in [3.63, 3.8) is 0 Å². The van der Waals surface area contributed by atoms with E-state index in [2.05, 4.69) is 32.7 Å². The van der Waals surface area contributed by atoms with Crippen molar-refractivity contribution in [2.24, 2.45) is 5.73 Å². The fraction of sp³-hybridized carbons (Fsp3) is 0.533. The summed E-state index contributed by atoms with van der Waals surface area (Å²) < 4.78 is 5.80. The predicted molar refractivity (Wildman–Crippen MR) is 84.8 cm³/mol. The molecule has 0 aliphatic heterocycles. The predicted octanol–water partition coefficient (Wildman–Crippen LogP) is 2.82. The second kappa shape index (κ2) is 6.87. The molecule has 0 unspecified atom stereocenters. The fourth-order valence-electron chi connectivity index (χ4n) is 1.66. The van der Waals surface area contributed by atoms with Crippen LogP contribution in [0.3, 0.4) is 0 Å². The summed E-state index contributed by atoms with van der Waals surface area (Å²) in [5.74, 6) is 0.762. The number of nitrogens with zero attached hydrogens (tertiary/aromatic N) is 1. The first-order valence-corrected chi connectivity index (χ1v) is 7.02. The van der Waals surface area contributed by atoms with Crippen LogP contribution in [0.25, 0.3) is 0 Å². The van der Waals surface area contributed by atoms with E-state index < -0.39 is 0 Å². The van der Waals surface area contributed by atoms with Gasteiger partial charge >= 0.3 is 0 Å². The molecule has 0 atom stereocenters. The van der Waals surface area contributed by atoms with Gasteiger partial charge in [0.2, 0.25) is 0 Å². The minimum Gasteiger partial charge on any atom is -0.492 e. The molecule has 0 aliphatic carbocycles. The molecule has 0 radical (unpaired) electrons. The van der Waals surface area contributed by atoms with Crippen molar-refractivity contribution >= 4 is 17.2 Å². The second-order valence-electron chi connectivity index (χ2n) is 5.30. The Morgan fingerprint density at radius 3 is 2.58 bits per heavy atom. The lowest BCUT2D eigenvalue weighted by atomic mass is 10.0. The van der Waals surface area contributed by atoms with E-state index in [-0.39, 0.29) is 5.54 Å². The highest BCUT2D eigenvalue weighted by Gasteiger charge is 2.20. The molecule has 0 aliphatic rings. The molecule has 0 fully saturated rings. The molecule has 3 nitrogen and oxygen atoms in total. The van der Waals surface area contributed by atoms with Gasteiger partial charge in [0.25, 0.3) is 0 Å². The van der Waals surface area contributed by atoms with Crippen LogP contribution in [0.5, 0.6) is 5.75 Å². The Morgan fingerprint density at radius 1 is 1.37 bits per heavy atom. The molecule has 1 rings (SSSR count). The van der Waals surface area contributed by atoms with E-state index >= 15 is 0 Å². The van der Waals surface area contributed by atoms with Crippen LogP contribution in [0.1, 0.15) is 32.8 Å². The molecule has 0 saturated heterocycles. The van der Waals surface area contributed by atoms with Gasteiger partial charge < -0.3 is 10.5 Å². The van der Waals surface area contributed by atoms with Gasteiger partial charge in [-0.25, -0.2) is 0 Å². The molecule has 0 spiro atoms. The van der Waals surface area contributed by atoms with Crippen LogP contribution >= 0.6 is 12.2 Å². The van der Waals surface area contributed by atoms with Gasteiger partial charge in [0.05, 0.1) is 5.56 Å². The van der Waals surface area contributed by atoms with Crippen LogP contribution < -0.4 is 10.5 Å². The third-order valence-electron chi connectivity index (χ3n) is 3.74. The third-order valence-corrected chi connectivity index (χ3v) is 3.96. The number of ether oxygens (including phenoxy) is 1. The molecule has 0 heterocycles. The van der Waals surface area contributed by atoms with Crippen LogP contribution in [0.15, 0.2) is 24.3 Å². The average Bonchev–Trinajstić information content (AvgIpc) is 2.38. The van der Waals surface area contributed by atoms with Crippen LogP contribution in [0, 0.1) is 0 Å². The number of hydrogen-bond donors (Lipinski definition) is 1. The summed E-state index contributed by atoms with van der Waals surface area (Å²) in [6, 6.07) is 7.63. The van der Waals surface area contributed by atoms with Crippen molar-refractivity contribution in [2.45, 2.75) is 32.7 Å². The van der Waals surface area contributed by atoms with Crippen molar-refractivity contribution in [3.8, 4) is 5.75 Å². The van der Waals surface area contributed by atoms with Crippen LogP contribution in [0.4, 0.5) is 0 Å². The Morgan fingerprint density at radius 2 is 2.00 bits per heavy atom. The number of rotatable bonds is 7. The van der Waals surface area contributed by atoms with Gasteiger partial charge in [-0.2, -0.15) is 0 Å². The van der Waals surface area contributed by atoms with E-state index in [4.69, 9.17) is 22.7 Å². The highest BCUT2D eigenvalue weighted by atomic mass is 32.1. The first-order valence-electron chi connectivity index (χ1n) is 6.61. The molecule has 4 heteroatoms. The number of nitrogens with two attached hydrogens (primary N) is 1. The molecule has 0 bridgehead atoms. The summed E-state index contributed by atoms with van der Waals surface area (Å²) in [5.41, 5.74) is 6.67. The summed E-state index contributed by atoms with van der Waals surface area (Å²) in [7, 11) is 2.12. The summed E-state index contributed by atoms with van der Waals surface area (Å²) >= 11 is 5.02. The Bertz CT molecular complexity index is 432. The van der Waals surface area contributed by atoms with Crippen LogP contribution in [-0.2, 0) is 0 Å². The minimum absolute atomic E-state index is 0.187. The molecular formula is C15H24N2OS. The van der Waals surface area contributed by atoms with Gasteiger partial charge in [-0.05, 0) is 39.4 Å². The molecule has 2 N–H and O–H groups in total. The summed E-state index contributed by atoms with van der Waals surface area (Å²) in [6.45, 7) is 8.15. The van der Waals surface area contributed by atoms with Gasteiger partial charge in [-0.1, -0.05) is 31.3 Å². The molecule has 106 valence electrons. The molecule has 1 aromatic carbocycles. The maximum absolute atomic E-state index is 5.80. The van der Waals surface area contributed by atoms with Crippen LogP contribution in [0.2, 0.25) is 0 Å². The molecular weight excluding hydrogens is 256 g/mol. The Balaban J connectivity index is 2.57. The summed E-state index contributed by atoms with van der Waals surface area (Å²) in [6.07, 6.45) is 1.10. The first kappa shape index (κ1) is 15.9. The normalized spacial score (nSPS) is 11.6. The SMILES string of the molecule is CCC(C)(C)N(C)CCOc1ccccc1C(N)=S. The third kappa shape index (κ3) is 4.48. The highest BCUT2D eigenvalue weighted by Crippen LogP contribution is 2.19. The Hall–Kier alpha value is -1.13. The zero-order chi connectivity index (χ0) is 14.5. The van der Waals surface area contributed by atoms with Gasteiger partial charge in [0.1, 0.15) is 17.3 Å². The van der Waals surface area contributed by atoms with E-state index in [1.54, 1.807) is 0 Å². The average molecular weight is 280 g/mol. The monoisotopic (exact) mass is 280 g/mol. The number of benzene rings is 1. The van der Waals surface area contributed by atoms with Gasteiger partial charge in [-0.15, -0.1) is 0 Å². The molecule has 19 heavy (non-hydrogen) atoms. The maximum atomic E-state index is 5.80. The van der Waals surface area contributed by atoms with Gasteiger partial charge in [0, 0.05) is 12.1 Å². The van der Waals surface area contributed by atoms with Crippen molar-refractivity contribution in [3.05, 3.63) is 29.8 Å². The van der Waals surface area contributed by atoms with Crippen LogP contribution in [-0.4, -0.2) is 35.6 Å². The Kier molecular flexibility index (Phi) is 5.76. The van der Waals surface area contributed by atoms with E-state index in [1.807, 2.05) is 24.3 Å². The number of likely N-dealkylation sites (N-methyl/N-ethyl adjacent to an activating group) is 1. The zero-order valence-electron chi connectivity index (χ0n) is 12.3. The number of thiocarbonyl (C=S) groups is 1. The van der Waals surface area contributed by atoms with E-state index in [9.17, 15) is 0 Å². The van der Waals surface area contributed by atoms with E-state index in [0.29, 0.717) is 11.6 Å². The zero-order valence-corrected chi connectivity index (χ0v) is 13.1. The molecule has 0 saturated carbocycles. The second-order valence-corrected chi connectivity index (χ2v) is 5.74. The minimum atomic E-state index is 0.187. The van der Waals surface area contributed by atoms with Crippen molar-refractivity contribution in [1.82, 2.24) is 4.90 Å². The fourth-order valence-corrected chi connectivity index (χ4v) is 1.83. The molecule has 0 amide bonds. The van der Waals surface area contributed by atoms with E-state index in [1.165, 1.54) is 0 Å². The quantitative estimate of drug-likeness (QED) is 0.780. The molecule has 1 aromatic rings. The number of para-hydroxylation sites is 1. The smallest absolute Gasteiger partial charge is 0.129 e. The molecule has 0 aromatic heterocycles. The van der Waals surface area contributed by atoms with E-state index in [0.717, 1.165) is 24.3 Å². The van der Waals surface area contributed by atoms with Gasteiger partial charge in [-0.3, -0.25) is 4.90 Å². The lowest BCUT2D eigenvalue weighted by Gasteiger charge is -2.34.